The summed E-state index contributed by atoms with van der Waals surface area (Å²) < 4.78 is 15.9. The Hall–Kier alpha value is -1.28. The van der Waals surface area contributed by atoms with Crippen molar-refractivity contribution in [1.29, 1.82) is 0 Å². The van der Waals surface area contributed by atoms with Crippen LogP contribution >= 0.6 is 11.6 Å². The third-order valence-corrected chi connectivity index (χ3v) is 5.06. The Morgan fingerprint density at radius 2 is 1.71 bits per heavy atom. The Morgan fingerprint density at radius 1 is 1.06 bits per heavy atom. The van der Waals surface area contributed by atoms with Gasteiger partial charge in [-0.05, 0) is 43.5 Å². The molecule has 1 saturated carbocycles. The molecule has 0 heterocycles. The van der Waals surface area contributed by atoms with E-state index in [2.05, 4.69) is 5.32 Å². The van der Waals surface area contributed by atoms with Crippen LogP contribution in [0.2, 0.25) is 5.02 Å². The monoisotopic (exact) mass is 463 g/mol. The number of ether oxygens (including phenoxy) is 3. The van der Waals surface area contributed by atoms with Gasteiger partial charge in [-0.3, -0.25) is 9.59 Å². The van der Waals surface area contributed by atoms with Crippen molar-refractivity contribution in [1.82, 2.24) is 5.32 Å². The fourth-order valence-electron chi connectivity index (χ4n) is 3.10. The van der Waals surface area contributed by atoms with Crippen molar-refractivity contribution in [2.45, 2.75) is 65.1 Å². The van der Waals surface area contributed by atoms with Crippen LogP contribution in [-0.4, -0.2) is 60.4 Å². The predicted molar refractivity (Wildman–Crippen MR) is 119 cm³/mol. The topological polar surface area (TPSA) is 90.9 Å². The number of rotatable bonds is 9. The number of carbonyl (C=O) groups excluding carboxylic acids is 3. The quantitative estimate of drug-likeness (QED) is 0.194. The van der Waals surface area contributed by atoms with Crippen LogP contribution in [0.4, 0.5) is 4.79 Å². The van der Waals surface area contributed by atoms with E-state index in [4.69, 9.17) is 25.8 Å². The van der Waals surface area contributed by atoms with Crippen LogP contribution in [0.1, 0.15) is 58.8 Å². The van der Waals surface area contributed by atoms with Crippen molar-refractivity contribution in [2.75, 3.05) is 6.54 Å². The molecule has 1 aromatic carbocycles. The first-order valence-electron chi connectivity index (χ1n) is 10.5. The van der Waals surface area contributed by atoms with Gasteiger partial charge in [0.25, 0.3) is 6.29 Å². The van der Waals surface area contributed by atoms with Crippen LogP contribution < -0.4 is 10.1 Å². The van der Waals surface area contributed by atoms with Gasteiger partial charge in [-0.1, -0.05) is 44.7 Å². The molecule has 0 aromatic heterocycles. The SMILES string of the molecule is CC(C)C(OC(=O)NCCCC(=O)Oc1ccc(Cl)cc1)OC(=O)C1CCCCC1.[NaH]. The summed E-state index contributed by atoms with van der Waals surface area (Å²) in [5.74, 6) is -0.576. The molecule has 0 aliphatic heterocycles. The number of hydrogen-bond donors (Lipinski definition) is 1. The number of esters is 2. The fraction of sp³-hybridized carbons (Fsp3) is 0.591. The van der Waals surface area contributed by atoms with Gasteiger partial charge in [0.15, 0.2) is 0 Å². The van der Waals surface area contributed by atoms with E-state index in [1.54, 1.807) is 24.3 Å². The Morgan fingerprint density at radius 3 is 2.32 bits per heavy atom. The van der Waals surface area contributed by atoms with Gasteiger partial charge in [0.1, 0.15) is 5.75 Å². The molecule has 0 saturated heterocycles. The molecule has 2 rings (SSSR count). The van der Waals surface area contributed by atoms with E-state index in [1.807, 2.05) is 13.8 Å². The van der Waals surface area contributed by atoms with E-state index < -0.39 is 18.4 Å². The molecule has 1 aliphatic rings. The zero-order valence-corrected chi connectivity index (χ0v) is 18.3. The molecule has 1 atom stereocenters. The van der Waals surface area contributed by atoms with Crippen LogP contribution in [0.5, 0.6) is 5.75 Å². The van der Waals surface area contributed by atoms with Gasteiger partial charge in [-0.15, -0.1) is 0 Å². The number of halogens is 1. The maximum atomic E-state index is 12.3. The number of amides is 1. The molecule has 1 aliphatic carbocycles. The van der Waals surface area contributed by atoms with Crippen LogP contribution in [-0.2, 0) is 19.1 Å². The first-order chi connectivity index (χ1) is 14.3. The summed E-state index contributed by atoms with van der Waals surface area (Å²) in [7, 11) is 0. The molecule has 1 aromatic rings. The van der Waals surface area contributed by atoms with Gasteiger partial charge < -0.3 is 19.5 Å². The van der Waals surface area contributed by atoms with Crippen LogP contribution in [0.3, 0.4) is 0 Å². The van der Waals surface area contributed by atoms with Gasteiger partial charge in [0.2, 0.25) is 0 Å². The average molecular weight is 464 g/mol. The number of alkyl carbamates (subject to hydrolysis) is 1. The summed E-state index contributed by atoms with van der Waals surface area (Å²) >= 11 is 5.78. The first-order valence-corrected chi connectivity index (χ1v) is 10.8. The number of carbonyl (C=O) groups is 3. The zero-order valence-electron chi connectivity index (χ0n) is 17.5. The van der Waals surface area contributed by atoms with Crippen LogP contribution in [0, 0.1) is 11.8 Å². The Kier molecular flexibility index (Phi) is 13.2. The zero-order chi connectivity index (χ0) is 21.9. The summed E-state index contributed by atoms with van der Waals surface area (Å²) in [5.41, 5.74) is 0. The Balaban J connectivity index is 0.00000480. The van der Waals surface area contributed by atoms with E-state index in [9.17, 15) is 14.4 Å². The molecular formula is C22H31ClNNaO6. The summed E-state index contributed by atoms with van der Waals surface area (Å²) in [5, 5.41) is 3.13. The second-order valence-electron chi connectivity index (χ2n) is 7.75. The van der Waals surface area contributed by atoms with Crippen molar-refractivity contribution in [2.24, 2.45) is 11.8 Å². The molecule has 1 fully saturated rings. The van der Waals surface area contributed by atoms with Gasteiger partial charge >= 0.3 is 47.6 Å². The Bertz CT molecular complexity index is 706. The molecule has 0 spiro atoms. The van der Waals surface area contributed by atoms with Crippen molar-refractivity contribution in [3.8, 4) is 5.75 Å². The molecule has 31 heavy (non-hydrogen) atoms. The van der Waals surface area contributed by atoms with E-state index in [-0.39, 0.29) is 60.3 Å². The summed E-state index contributed by atoms with van der Waals surface area (Å²) in [6.07, 6.45) is 3.73. The third kappa shape index (κ3) is 10.7. The van der Waals surface area contributed by atoms with Crippen molar-refractivity contribution < 1.29 is 28.6 Å². The van der Waals surface area contributed by atoms with Gasteiger partial charge in [0, 0.05) is 23.9 Å². The summed E-state index contributed by atoms with van der Waals surface area (Å²) in [4.78, 5) is 36.2. The first kappa shape index (κ1) is 27.8. The molecule has 0 radical (unpaired) electrons. The minimum atomic E-state index is -0.936. The number of nitrogens with one attached hydrogen (secondary N) is 1. The summed E-state index contributed by atoms with van der Waals surface area (Å²) in [6.45, 7) is 3.87. The second-order valence-corrected chi connectivity index (χ2v) is 8.18. The summed E-state index contributed by atoms with van der Waals surface area (Å²) in [6, 6.07) is 6.48. The second kappa shape index (κ2) is 14.7. The van der Waals surface area contributed by atoms with Crippen molar-refractivity contribution in [3.63, 3.8) is 0 Å². The Labute approximate surface area is 210 Å². The fourth-order valence-corrected chi connectivity index (χ4v) is 3.23. The number of benzene rings is 1. The molecule has 0 bridgehead atoms. The molecular weight excluding hydrogens is 433 g/mol. The number of hydrogen-bond acceptors (Lipinski definition) is 6. The average Bonchev–Trinajstić information content (AvgIpc) is 2.73. The normalized spacial score (nSPS) is 14.8. The van der Waals surface area contributed by atoms with Crippen molar-refractivity contribution >= 4 is 59.2 Å². The van der Waals surface area contributed by atoms with Crippen molar-refractivity contribution in [3.05, 3.63) is 29.3 Å². The molecule has 9 heteroatoms. The van der Waals surface area contributed by atoms with E-state index in [1.165, 1.54) is 0 Å². The minimum absolute atomic E-state index is 0. The van der Waals surface area contributed by atoms with Crippen LogP contribution in [0.15, 0.2) is 24.3 Å². The standard InChI is InChI=1S/C22H30ClNO6.Na.H/c1-15(2)21(29-20(26)16-7-4-3-5-8-16)30-22(27)24-14-6-9-19(25)28-18-12-10-17(23)11-13-18;;/h10-13,15-16,21H,3-9,14H2,1-2H3,(H,24,27);;. The molecule has 7 nitrogen and oxygen atoms in total. The molecule has 1 amide bonds. The van der Waals surface area contributed by atoms with E-state index in [0.29, 0.717) is 17.2 Å². The maximum absolute atomic E-state index is 12.3. The van der Waals surface area contributed by atoms with E-state index >= 15 is 0 Å². The van der Waals surface area contributed by atoms with Crippen LogP contribution in [0.25, 0.3) is 0 Å². The third-order valence-electron chi connectivity index (χ3n) is 4.81. The van der Waals surface area contributed by atoms with Gasteiger partial charge in [-0.2, -0.15) is 0 Å². The van der Waals surface area contributed by atoms with Gasteiger partial charge in [0.05, 0.1) is 5.92 Å². The molecule has 1 unspecified atom stereocenters. The van der Waals surface area contributed by atoms with E-state index in [0.717, 1.165) is 32.1 Å². The molecule has 1 N–H and O–H groups in total. The van der Waals surface area contributed by atoms with Gasteiger partial charge in [-0.25, -0.2) is 4.79 Å². The predicted octanol–water partition coefficient (Wildman–Crippen LogP) is 4.21. The molecule has 168 valence electrons.